The third kappa shape index (κ3) is 5.50. The molecule has 9 heteroatoms. The van der Waals surface area contributed by atoms with Gasteiger partial charge < -0.3 is 14.4 Å². The van der Waals surface area contributed by atoms with Crippen LogP contribution in [0.1, 0.15) is 11.1 Å². The Labute approximate surface area is 185 Å². The van der Waals surface area contributed by atoms with Gasteiger partial charge in [0.25, 0.3) is 5.56 Å². The van der Waals surface area contributed by atoms with Gasteiger partial charge >= 0.3 is 0 Å². The van der Waals surface area contributed by atoms with Crippen LogP contribution in [0.15, 0.2) is 58.4 Å². The van der Waals surface area contributed by atoms with Crippen LogP contribution in [0.3, 0.4) is 0 Å². The Morgan fingerprint density at radius 3 is 2.69 bits per heavy atom. The molecule has 0 fully saturated rings. The van der Waals surface area contributed by atoms with Gasteiger partial charge in [-0.3, -0.25) is 9.78 Å². The first-order chi connectivity index (χ1) is 15.5. The van der Waals surface area contributed by atoms with Gasteiger partial charge in [-0.15, -0.1) is 0 Å². The molecule has 1 aromatic heterocycles. The fourth-order valence-electron chi connectivity index (χ4n) is 2.88. The van der Waals surface area contributed by atoms with E-state index in [0.29, 0.717) is 29.2 Å². The zero-order valence-electron chi connectivity index (χ0n) is 18.1. The van der Waals surface area contributed by atoms with Crippen molar-refractivity contribution in [2.75, 3.05) is 39.8 Å². The van der Waals surface area contributed by atoms with Crippen molar-refractivity contribution >= 4 is 12.2 Å². The average Bonchev–Trinajstić information content (AvgIpc) is 2.79. The Balaban J connectivity index is 1.86. The second-order valence-corrected chi connectivity index (χ2v) is 7.02. The van der Waals surface area contributed by atoms with Crippen molar-refractivity contribution in [2.24, 2.45) is 5.10 Å². The average molecular weight is 432 g/mol. The maximum atomic E-state index is 12.4. The van der Waals surface area contributed by atoms with Crippen LogP contribution in [0.5, 0.6) is 11.5 Å². The first kappa shape index (κ1) is 22.5. The summed E-state index contributed by atoms with van der Waals surface area (Å²) in [5, 5.41) is 13.6. The number of nitriles is 1. The molecule has 0 saturated carbocycles. The molecule has 0 bridgehead atoms. The van der Waals surface area contributed by atoms with E-state index >= 15 is 0 Å². The Hall–Kier alpha value is -4.16. The Morgan fingerprint density at radius 2 is 2.00 bits per heavy atom. The molecule has 0 saturated heterocycles. The second kappa shape index (κ2) is 10.7. The first-order valence-corrected chi connectivity index (χ1v) is 9.87. The van der Waals surface area contributed by atoms with Crippen LogP contribution >= 0.6 is 0 Å². The maximum Gasteiger partial charge on any atom is 0.270 e. The lowest BCUT2D eigenvalue weighted by Crippen LogP contribution is -2.20. The molecule has 0 aliphatic rings. The van der Waals surface area contributed by atoms with E-state index in [9.17, 15) is 10.1 Å². The van der Waals surface area contributed by atoms with Gasteiger partial charge in [0, 0.05) is 17.7 Å². The van der Waals surface area contributed by atoms with Gasteiger partial charge in [0.1, 0.15) is 18.2 Å². The summed E-state index contributed by atoms with van der Waals surface area (Å²) in [4.78, 5) is 21.3. The Kier molecular flexibility index (Phi) is 7.56. The van der Waals surface area contributed by atoms with Crippen LogP contribution in [-0.4, -0.2) is 55.4 Å². The lowest BCUT2D eigenvalue weighted by Gasteiger charge is -2.15. The highest BCUT2D eigenvalue weighted by Crippen LogP contribution is 2.30. The maximum absolute atomic E-state index is 12.4. The minimum absolute atomic E-state index is 0.0601. The van der Waals surface area contributed by atoms with Gasteiger partial charge in [-0.25, -0.2) is 10.4 Å². The number of aromatic nitrogens is 2. The van der Waals surface area contributed by atoms with Gasteiger partial charge in [-0.05, 0) is 26.2 Å². The number of hydrogen-bond acceptors (Lipinski definition) is 8. The molecule has 2 aromatic carbocycles. The molecule has 3 aromatic rings. The fraction of sp³-hybridized carbons (Fsp3) is 0.217. The molecule has 32 heavy (non-hydrogen) atoms. The third-order valence-electron chi connectivity index (χ3n) is 4.47. The summed E-state index contributed by atoms with van der Waals surface area (Å²) in [7, 11) is 5.50. The minimum atomic E-state index is -0.548. The quantitative estimate of drug-likeness (QED) is 0.394. The number of likely N-dealkylation sites (N-methyl/N-ethyl adjacent to an activating group) is 1. The standard InChI is InChI=1S/C23H24N6O3/c1-29(2)12-13-32-21-17(10-7-11-19(21)31-3)15-25-28-23-26-20(16-8-5-4-6-9-16)18(14-24)22(30)27-23/h4-11,15H,12-13H2,1-3H3,(H2,26,27,28,30). The van der Waals surface area contributed by atoms with Crippen LogP contribution in [0.2, 0.25) is 0 Å². The number of anilines is 1. The summed E-state index contributed by atoms with van der Waals surface area (Å²) in [6.07, 6.45) is 1.55. The predicted octanol–water partition coefficient (Wildman–Crippen LogP) is 2.70. The number of methoxy groups -OCH3 is 1. The molecule has 2 N–H and O–H groups in total. The van der Waals surface area contributed by atoms with E-state index in [1.165, 1.54) is 0 Å². The molecule has 0 aliphatic carbocycles. The number of nitrogens with zero attached hydrogens (tertiary/aromatic N) is 4. The van der Waals surface area contributed by atoms with E-state index in [1.807, 2.05) is 61.5 Å². The van der Waals surface area contributed by atoms with Gasteiger partial charge in [-0.1, -0.05) is 36.4 Å². The van der Waals surface area contributed by atoms with Crippen molar-refractivity contribution in [1.82, 2.24) is 14.9 Å². The number of H-pyrrole nitrogens is 1. The number of nitrogens with one attached hydrogen (secondary N) is 2. The number of rotatable bonds is 9. The number of ether oxygens (including phenoxy) is 2. The highest BCUT2D eigenvalue weighted by atomic mass is 16.5. The monoisotopic (exact) mass is 432 g/mol. The first-order valence-electron chi connectivity index (χ1n) is 9.87. The molecule has 3 rings (SSSR count). The second-order valence-electron chi connectivity index (χ2n) is 7.02. The van der Waals surface area contributed by atoms with Crippen molar-refractivity contribution in [2.45, 2.75) is 0 Å². The molecule has 0 spiro atoms. The molecule has 9 nitrogen and oxygen atoms in total. The summed E-state index contributed by atoms with van der Waals surface area (Å²) < 4.78 is 11.3. The number of hydrazone groups is 1. The van der Waals surface area contributed by atoms with Crippen LogP contribution in [0.25, 0.3) is 11.3 Å². The van der Waals surface area contributed by atoms with Crippen molar-refractivity contribution in [3.63, 3.8) is 0 Å². The van der Waals surface area contributed by atoms with Crippen LogP contribution in [0.4, 0.5) is 5.95 Å². The molecule has 0 unspecified atom stereocenters. The van der Waals surface area contributed by atoms with Gasteiger partial charge in [0.05, 0.1) is 19.0 Å². The van der Waals surface area contributed by atoms with Gasteiger partial charge in [0.2, 0.25) is 5.95 Å². The normalized spacial score (nSPS) is 10.8. The zero-order chi connectivity index (χ0) is 22.9. The summed E-state index contributed by atoms with van der Waals surface area (Å²) in [6.45, 7) is 1.22. The van der Waals surface area contributed by atoms with E-state index in [1.54, 1.807) is 25.5 Å². The molecular weight excluding hydrogens is 408 g/mol. The number of benzene rings is 2. The molecule has 0 aliphatic heterocycles. The summed E-state index contributed by atoms with van der Waals surface area (Å²) in [5.41, 5.74) is 3.74. The van der Waals surface area contributed by atoms with E-state index in [0.717, 1.165) is 6.54 Å². The summed E-state index contributed by atoms with van der Waals surface area (Å²) >= 11 is 0. The fourth-order valence-corrected chi connectivity index (χ4v) is 2.88. The summed E-state index contributed by atoms with van der Waals surface area (Å²) in [5.74, 6) is 1.26. The van der Waals surface area contributed by atoms with Crippen molar-refractivity contribution in [1.29, 1.82) is 5.26 Å². The Bertz CT molecular complexity index is 1180. The van der Waals surface area contributed by atoms with E-state index in [-0.39, 0.29) is 17.2 Å². The largest absolute Gasteiger partial charge is 0.493 e. The number of aromatic amines is 1. The zero-order valence-corrected chi connectivity index (χ0v) is 18.1. The molecule has 0 atom stereocenters. The van der Waals surface area contributed by atoms with Crippen molar-refractivity contribution in [3.05, 3.63) is 70.0 Å². The molecule has 0 radical (unpaired) electrons. The van der Waals surface area contributed by atoms with Crippen LogP contribution in [-0.2, 0) is 0 Å². The van der Waals surface area contributed by atoms with E-state index in [2.05, 4.69) is 20.5 Å². The van der Waals surface area contributed by atoms with Gasteiger partial charge in [-0.2, -0.15) is 10.4 Å². The smallest absolute Gasteiger partial charge is 0.270 e. The minimum Gasteiger partial charge on any atom is -0.493 e. The molecule has 0 amide bonds. The van der Waals surface area contributed by atoms with Crippen molar-refractivity contribution in [3.8, 4) is 28.8 Å². The van der Waals surface area contributed by atoms with E-state index < -0.39 is 5.56 Å². The van der Waals surface area contributed by atoms with Crippen LogP contribution < -0.4 is 20.5 Å². The number of hydrogen-bond donors (Lipinski definition) is 2. The molecule has 164 valence electrons. The van der Waals surface area contributed by atoms with Crippen molar-refractivity contribution < 1.29 is 9.47 Å². The molecular formula is C23H24N6O3. The lowest BCUT2D eigenvalue weighted by atomic mass is 10.1. The van der Waals surface area contributed by atoms with Crippen LogP contribution in [0, 0.1) is 11.3 Å². The van der Waals surface area contributed by atoms with Gasteiger partial charge in [0.15, 0.2) is 11.5 Å². The third-order valence-corrected chi connectivity index (χ3v) is 4.47. The SMILES string of the molecule is COc1cccc(C=NNc2nc(-c3ccccc3)c(C#N)c(=O)[nH]2)c1OCCN(C)C. The lowest BCUT2D eigenvalue weighted by molar-refractivity contribution is 0.250. The predicted molar refractivity (Wildman–Crippen MR) is 123 cm³/mol. The Morgan fingerprint density at radius 1 is 1.22 bits per heavy atom. The highest BCUT2D eigenvalue weighted by molar-refractivity contribution is 5.85. The number of para-hydroxylation sites is 1. The summed E-state index contributed by atoms with van der Waals surface area (Å²) in [6, 6.07) is 16.4. The highest BCUT2D eigenvalue weighted by Gasteiger charge is 2.13. The topological polar surface area (TPSA) is 116 Å². The van der Waals surface area contributed by atoms with E-state index in [4.69, 9.17) is 9.47 Å². The molecule has 1 heterocycles.